The zero-order valence-electron chi connectivity index (χ0n) is 9.18. The van der Waals surface area contributed by atoms with Crippen LogP contribution in [0.15, 0.2) is 52.3 Å². The van der Waals surface area contributed by atoms with Crippen molar-refractivity contribution in [2.24, 2.45) is 0 Å². The maximum atomic E-state index is 13.1. The van der Waals surface area contributed by atoms with E-state index in [4.69, 9.17) is 9.84 Å². The second-order valence-corrected chi connectivity index (χ2v) is 4.54. The van der Waals surface area contributed by atoms with Gasteiger partial charge in [-0.3, -0.25) is 0 Å². The van der Waals surface area contributed by atoms with Crippen LogP contribution in [0.3, 0.4) is 0 Å². The summed E-state index contributed by atoms with van der Waals surface area (Å²) in [6, 6.07) is 11.8. The van der Waals surface area contributed by atoms with Crippen molar-refractivity contribution in [3.05, 3.63) is 48.3 Å². The fraction of sp³-hybridized carbons (Fsp3) is 0.0769. The Morgan fingerprint density at radius 3 is 2.29 bits per heavy atom. The molecule has 0 heterocycles. The van der Waals surface area contributed by atoms with Crippen molar-refractivity contribution < 1.29 is 14.2 Å². The molecule has 2 aromatic rings. The van der Waals surface area contributed by atoms with E-state index in [2.05, 4.69) is 0 Å². The van der Waals surface area contributed by atoms with Gasteiger partial charge in [0.15, 0.2) is 11.6 Å². The first-order chi connectivity index (χ1) is 8.19. The number of methoxy groups -OCH3 is 1. The molecule has 0 atom stereocenters. The first kappa shape index (κ1) is 11.8. The highest BCUT2D eigenvalue weighted by molar-refractivity contribution is 7.99. The van der Waals surface area contributed by atoms with Crippen LogP contribution >= 0.6 is 11.8 Å². The van der Waals surface area contributed by atoms with Gasteiger partial charge in [0.1, 0.15) is 5.75 Å². The minimum absolute atomic E-state index is 0.330. The Labute approximate surface area is 103 Å². The molecule has 88 valence electrons. The molecule has 4 heteroatoms. The number of benzene rings is 2. The predicted molar refractivity (Wildman–Crippen MR) is 65.2 cm³/mol. The van der Waals surface area contributed by atoms with Gasteiger partial charge < -0.3 is 9.84 Å². The van der Waals surface area contributed by atoms with Crippen molar-refractivity contribution >= 4 is 11.8 Å². The highest BCUT2D eigenvalue weighted by Crippen LogP contribution is 2.31. The van der Waals surface area contributed by atoms with E-state index in [1.165, 1.54) is 23.9 Å². The summed E-state index contributed by atoms with van der Waals surface area (Å²) in [5.74, 6) is -0.154. The summed E-state index contributed by atoms with van der Waals surface area (Å²) >= 11 is 1.42. The van der Waals surface area contributed by atoms with E-state index in [1.54, 1.807) is 13.2 Å². The van der Waals surface area contributed by atoms with Gasteiger partial charge in [0.05, 0.1) is 7.11 Å². The minimum Gasteiger partial charge on any atom is -0.505 e. The Morgan fingerprint density at radius 1 is 1.06 bits per heavy atom. The molecule has 0 saturated heterocycles. The number of phenolic OH excluding ortho intramolecular Hbond substituents is 1. The summed E-state index contributed by atoms with van der Waals surface area (Å²) < 4.78 is 18.2. The lowest BCUT2D eigenvalue weighted by Crippen LogP contribution is -1.82. The summed E-state index contributed by atoms with van der Waals surface area (Å²) in [7, 11) is 1.61. The van der Waals surface area contributed by atoms with E-state index in [0.717, 1.165) is 15.5 Å². The van der Waals surface area contributed by atoms with E-state index >= 15 is 0 Å². The molecular formula is C13H11FO2S. The van der Waals surface area contributed by atoms with Gasteiger partial charge in [-0.15, -0.1) is 0 Å². The Balaban J connectivity index is 2.16. The second-order valence-electron chi connectivity index (χ2n) is 3.39. The van der Waals surface area contributed by atoms with E-state index in [9.17, 15) is 4.39 Å². The molecular weight excluding hydrogens is 239 g/mol. The first-order valence-electron chi connectivity index (χ1n) is 4.99. The molecule has 0 unspecified atom stereocenters. The van der Waals surface area contributed by atoms with Crippen molar-refractivity contribution in [3.8, 4) is 11.5 Å². The molecule has 0 radical (unpaired) electrons. The van der Waals surface area contributed by atoms with E-state index < -0.39 is 5.82 Å². The smallest absolute Gasteiger partial charge is 0.165 e. The van der Waals surface area contributed by atoms with Crippen LogP contribution in [0.4, 0.5) is 4.39 Å². The van der Waals surface area contributed by atoms with E-state index in [1.807, 2.05) is 24.3 Å². The van der Waals surface area contributed by atoms with Gasteiger partial charge in [-0.25, -0.2) is 4.39 Å². The normalized spacial score (nSPS) is 10.2. The van der Waals surface area contributed by atoms with Gasteiger partial charge in [0.2, 0.25) is 0 Å². The maximum absolute atomic E-state index is 13.1. The molecule has 0 bridgehead atoms. The monoisotopic (exact) mass is 250 g/mol. The Morgan fingerprint density at radius 2 is 1.71 bits per heavy atom. The molecule has 0 aromatic heterocycles. The van der Waals surface area contributed by atoms with Gasteiger partial charge in [0, 0.05) is 9.79 Å². The highest BCUT2D eigenvalue weighted by Gasteiger charge is 2.03. The zero-order valence-corrected chi connectivity index (χ0v) is 10.00. The van der Waals surface area contributed by atoms with E-state index in [-0.39, 0.29) is 5.75 Å². The lowest BCUT2D eigenvalue weighted by molar-refractivity contribution is 0.414. The van der Waals surface area contributed by atoms with Gasteiger partial charge in [-0.05, 0) is 42.5 Å². The molecule has 17 heavy (non-hydrogen) atoms. The van der Waals surface area contributed by atoms with Gasteiger partial charge in [-0.2, -0.15) is 0 Å². The summed E-state index contributed by atoms with van der Waals surface area (Å²) in [6.07, 6.45) is 0. The molecule has 0 fully saturated rings. The van der Waals surface area contributed by atoms with Crippen molar-refractivity contribution in [2.75, 3.05) is 7.11 Å². The standard InChI is InChI=1S/C13H11FO2S/c1-16-9-2-4-10(5-3-9)17-11-6-7-13(15)12(14)8-11/h2-8,15H,1H3. The summed E-state index contributed by atoms with van der Waals surface area (Å²) in [6.45, 7) is 0. The van der Waals surface area contributed by atoms with Crippen LogP contribution in [-0.4, -0.2) is 12.2 Å². The minimum atomic E-state index is -0.608. The van der Waals surface area contributed by atoms with Gasteiger partial charge in [-0.1, -0.05) is 11.8 Å². The van der Waals surface area contributed by atoms with Crippen molar-refractivity contribution in [1.29, 1.82) is 0 Å². The van der Waals surface area contributed by atoms with Crippen LogP contribution in [0, 0.1) is 5.82 Å². The Kier molecular flexibility index (Phi) is 3.54. The number of hydrogen-bond donors (Lipinski definition) is 1. The average molecular weight is 250 g/mol. The highest BCUT2D eigenvalue weighted by atomic mass is 32.2. The van der Waals surface area contributed by atoms with Crippen LogP contribution in [0.5, 0.6) is 11.5 Å². The SMILES string of the molecule is COc1ccc(Sc2ccc(O)c(F)c2)cc1. The quantitative estimate of drug-likeness (QED) is 0.900. The third-order valence-electron chi connectivity index (χ3n) is 2.21. The molecule has 0 aliphatic carbocycles. The van der Waals surface area contributed by atoms with Crippen molar-refractivity contribution in [1.82, 2.24) is 0 Å². The molecule has 0 amide bonds. The second kappa shape index (κ2) is 5.10. The van der Waals surface area contributed by atoms with Crippen molar-refractivity contribution in [2.45, 2.75) is 9.79 Å². The fourth-order valence-electron chi connectivity index (χ4n) is 1.33. The number of hydrogen-bond acceptors (Lipinski definition) is 3. The topological polar surface area (TPSA) is 29.5 Å². The lowest BCUT2D eigenvalue weighted by Gasteiger charge is -2.04. The number of phenols is 1. The molecule has 0 saturated carbocycles. The van der Waals surface area contributed by atoms with E-state index in [0.29, 0.717) is 0 Å². The number of halogens is 1. The molecule has 2 rings (SSSR count). The summed E-state index contributed by atoms with van der Waals surface area (Å²) in [4.78, 5) is 1.72. The predicted octanol–water partition coefficient (Wildman–Crippen LogP) is 3.69. The third-order valence-corrected chi connectivity index (χ3v) is 3.21. The third kappa shape index (κ3) is 2.91. The van der Waals surface area contributed by atoms with Crippen LogP contribution in [0.25, 0.3) is 0 Å². The van der Waals surface area contributed by atoms with Crippen LogP contribution in [0.2, 0.25) is 0 Å². The molecule has 1 N–H and O–H groups in total. The lowest BCUT2D eigenvalue weighted by atomic mass is 10.3. The molecule has 0 aliphatic rings. The molecule has 0 spiro atoms. The molecule has 2 aromatic carbocycles. The Hall–Kier alpha value is -1.68. The number of ether oxygens (including phenoxy) is 1. The number of rotatable bonds is 3. The Bertz CT molecular complexity index is 511. The van der Waals surface area contributed by atoms with Crippen LogP contribution in [-0.2, 0) is 0 Å². The zero-order chi connectivity index (χ0) is 12.3. The van der Waals surface area contributed by atoms with Crippen LogP contribution in [0.1, 0.15) is 0 Å². The fourth-order valence-corrected chi connectivity index (χ4v) is 2.17. The largest absolute Gasteiger partial charge is 0.505 e. The molecule has 2 nitrogen and oxygen atoms in total. The summed E-state index contributed by atoms with van der Waals surface area (Å²) in [5.41, 5.74) is 0. The van der Waals surface area contributed by atoms with Crippen molar-refractivity contribution in [3.63, 3.8) is 0 Å². The van der Waals surface area contributed by atoms with Gasteiger partial charge >= 0.3 is 0 Å². The first-order valence-corrected chi connectivity index (χ1v) is 5.81. The van der Waals surface area contributed by atoms with Crippen LogP contribution < -0.4 is 4.74 Å². The maximum Gasteiger partial charge on any atom is 0.165 e. The van der Waals surface area contributed by atoms with Gasteiger partial charge in [0.25, 0.3) is 0 Å². The number of aromatic hydroxyl groups is 1. The molecule has 0 aliphatic heterocycles. The summed E-state index contributed by atoms with van der Waals surface area (Å²) in [5, 5.41) is 9.08. The average Bonchev–Trinajstić information content (AvgIpc) is 2.35.